The van der Waals surface area contributed by atoms with E-state index in [0.717, 1.165) is 23.5 Å². The lowest BCUT2D eigenvalue weighted by Crippen LogP contribution is -2.23. The summed E-state index contributed by atoms with van der Waals surface area (Å²) in [6, 6.07) is 8.79. The van der Waals surface area contributed by atoms with E-state index in [-0.39, 0.29) is 0 Å². The first-order valence-electron chi connectivity index (χ1n) is 10.9. The molecule has 140 valence electrons. The highest BCUT2D eigenvalue weighted by atomic mass is 16.5. The van der Waals surface area contributed by atoms with Crippen molar-refractivity contribution < 1.29 is 4.74 Å². The summed E-state index contributed by atoms with van der Waals surface area (Å²) in [5.74, 6) is 3.88. The number of para-hydroxylation sites is 1. The Morgan fingerprint density at radius 2 is 1.68 bits per heavy atom. The third-order valence-corrected chi connectivity index (χ3v) is 6.60. The molecule has 1 unspecified atom stereocenters. The summed E-state index contributed by atoms with van der Waals surface area (Å²) in [6.07, 6.45) is 16.8. The van der Waals surface area contributed by atoms with Crippen molar-refractivity contribution in [3.8, 4) is 5.75 Å². The lowest BCUT2D eigenvalue weighted by atomic mass is 9.82. The number of benzene rings is 1. The first-order valence-corrected chi connectivity index (χ1v) is 10.9. The minimum absolute atomic E-state index is 0.442. The largest absolute Gasteiger partial charge is 0.490 e. The normalized spacial score (nSPS) is 26.3. The average Bonchev–Trinajstić information content (AvgIpc) is 2.64. The number of hydrogen-bond donors (Lipinski definition) is 0. The molecule has 2 fully saturated rings. The van der Waals surface area contributed by atoms with Gasteiger partial charge in [-0.15, -0.1) is 0 Å². The van der Waals surface area contributed by atoms with Crippen LogP contribution < -0.4 is 4.74 Å². The van der Waals surface area contributed by atoms with Gasteiger partial charge in [0, 0.05) is 0 Å². The molecule has 0 aromatic heterocycles. The maximum absolute atomic E-state index is 6.42. The molecule has 0 heterocycles. The maximum atomic E-state index is 6.42. The van der Waals surface area contributed by atoms with Gasteiger partial charge in [-0.05, 0) is 74.3 Å². The Labute approximate surface area is 155 Å². The minimum Gasteiger partial charge on any atom is -0.490 e. The number of rotatable bonds is 7. The molecule has 2 aliphatic carbocycles. The molecule has 0 saturated heterocycles. The van der Waals surface area contributed by atoms with Crippen molar-refractivity contribution in [3.05, 3.63) is 29.8 Å². The molecule has 0 N–H and O–H groups in total. The summed E-state index contributed by atoms with van der Waals surface area (Å²) in [4.78, 5) is 0. The first kappa shape index (κ1) is 18.8. The van der Waals surface area contributed by atoms with Crippen LogP contribution in [-0.2, 0) is 6.42 Å². The van der Waals surface area contributed by atoms with Crippen LogP contribution in [0.1, 0.15) is 90.0 Å². The molecule has 25 heavy (non-hydrogen) atoms. The Kier molecular flexibility index (Phi) is 7.25. The predicted molar refractivity (Wildman–Crippen MR) is 107 cm³/mol. The molecule has 0 aliphatic heterocycles. The fourth-order valence-electron chi connectivity index (χ4n) is 4.86. The van der Waals surface area contributed by atoms with E-state index in [0.29, 0.717) is 6.10 Å². The van der Waals surface area contributed by atoms with Gasteiger partial charge in [0.15, 0.2) is 0 Å². The SMILES string of the molecule is CC1CCC(Oc2ccccc2CCC(C)CC2CCCCC2)CC1. The van der Waals surface area contributed by atoms with Gasteiger partial charge in [-0.2, -0.15) is 0 Å². The van der Waals surface area contributed by atoms with Gasteiger partial charge in [-0.3, -0.25) is 0 Å². The van der Waals surface area contributed by atoms with E-state index in [1.165, 1.54) is 82.6 Å². The Bertz CT molecular complexity index is 495. The van der Waals surface area contributed by atoms with E-state index in [1.54, 1.807) is 0 Å². The van der Waals surface area contributed by atoms with Gasteiger partial charge >= 0.3 is 0 Å². The number of ether oxygens (including phenoxy) is 1. The molecule has 1 aromatic carbocycles. The van der Waals surface area contributed by atoms with E-state index in [9.17, 15) is 0 Å². The van der Waals surface area contributed by atoms with Crippen LogP contribution in [-0.4, -0.2) is 6.10 Å². The Morgan fingerprint density at radius 1 is 0.960 bits per heavy atom. The molecule has 1 atom stereocenters. The van der Waals surface area contributed by atoms with Crippen molar-refractivity contribution in [2.45, 2.75) is 97.0 Å². The second kappa shape index (κ2) is 9.64. The third-order valence-electron chi connectivity index (χ3n) is 6.60. The number of hydrogen-bond acceptors (Lipinski definition) is 1. The third kappa shape index (κ3) is 6.04. The van der Waals surface area contributed by atoms with Crippen molar-refractivity contribution in [1.82, 2.24) is 0 Å². The zero-order valence-corrected chi connectivity index (χ0v) is 16.5. The van der Waals surface area contributed by atoms with Crippen LogP contribution in [0.25, 0.3) is 0 Å². The molecule has 2 aliphatic rings. The monoisotopic (exact) mass is 342 g/mol. The maximum Gasteiger partial charge on any atom is 0.122 e. The molecule has 0 spiro atoms. The van der Waals surface area contributed by atoms with E-state index < -0.39 is 0 Å². The van der Waals surface area contributed by atoms with Crippen molar-refractivity contribution in [3.63, 3.8) is 0 Å². The molecule has 0 radical (unpaired) electrons. The van der Waals surface area contributed by atoms with Gasteiger partial charge in [-0.1, -0.05) is 64.2 Å². The van der Waals surface area contributed by atoms with Gasteiger partial charge in [0.05, 0.1) is 6.10 Å². The van der Waals surface area contributed by atoms with Crippen LogP contribution in [0.5, 0.6) is 5.75 Å². The van der Waals surface area contributed by atoms with Gasteiger partial charge in [-0.25, -0.2) is 0 Å². The summed E-state index contributed by atoms with van der Waals surface area (Å²) < 4.78 is 6.42. The van der Waals surface area contributed by atoms with Crippen molar-refractivity contribution in [2.24, 2.45) is 17.8 Å². The summed E-state index contributed by atoms with van der Waals surface area (Å²) in [6.45, 7) is 4.83. The lowest BCUT2D eigenvalue weighted by molar-refractivity contribution is 0.134. The van der Waals surface area contributed by atoms with E-state index in [1.807, 2.05) is 0 Å². The highest BCUT2D eigenvalue weighted by molar-refractivity contribution is 5.33. The van der Waals surface area contributed by atoms with Crippen LogP contribution in [0.4, 0.5) is 0 Å². The second-order valence-electron chi connectivity index (χ2n) is 8.99. The second-order valence-corrected chi connectivity index (χ2v) is 8.99. The zero-order chi connectivity index (χ0) is 17.5. The van der Waals surface area contributed by atoms with Crippen LogP contribution in [0.2, 0.25) is 0 Å². The summed E-state index contributed by atoms with van der Waals surface area (Å²) in [5, 5.41) is 0. The number of aryl methyl sites for hydroxylation is 1. The van der Waals surface area contributed by atoms with Crippen LogP contribution in [0.3, 0.4) is 0 Å². The van der Waals surface area contributed by atoms with Crippen molar-refractivity contribution in [1.29, 1.82) is 0 Å². The highest BCUT2D eigenvalue weighted by Gasteiger charge is 2.21. The molecule has 2 saturated carbocycles. The molecule has 1 heteroatoms. The van der Waals surface area contributed by atoms with E-state index in [2.05, 4.69) is 38.1 Å². The smallest absolute Gasteiger partial charge is 0.122 e. The highest BCUT2D eigenvalue weighted by Crippen LogP contribution is 2.32. The molecular weight excluding hydrogens is 304 g/mol. The first-order chi connectivity index (χ1) is 12.2. The molecule has 0 amide bonds. The van der Waals surface area contributed by atoms with Crippen LogP contribution >= 0.6 is 0 Å². The average molecular weight is 343 g/mol. The predicted octanol–water partition coefficient (Wildman–Crippen LogP) is 7.18. The topological polar surface area (TPSA) is 9.23 Å². The Hall–Kier alpha value is -0.980. The molecule has 3 rings (SSSR count). The minimum atomic E-state index is 0.442. The van der Waals surface area contributed by atoms with Gasteiger partial charge < -0.3 is 4.74 Å². The Morgan fingerprint density at radius 3 is 2.44 bits per heavy atom. The quantitative estimate of drug-likeness (QED) is 0.510. The lowest BCUT2D eigenvalue weighted by Gasteiger charge is -2.28. The molecule has 0 bridgehead atoms. The van der Waals surface area contributed by atoms with E-state index in [4.69, 9.17) is 4.74 Å². The fourth-order valence-corrected chi connectivity index (χ4v) is 4.86. The summed E-state index contributed by atoms with van der Waals surface area (Å²) in [5.41, 5.74) is 1.43. The van der Waals surface area contributed by atoms with Gasteiger partial charge in [0.2, 0.25) is 0 Å². The molecular formula is C24H38O. The van der Waals surface area contributed by atoms with Gasteiger partial charge in [0.25, 0.3) is 0 Å². The van der Waals surface area contributed by atoms with Crippen molar-refractivity contribution >= 4 is 0 Å². The van der Waals surface area contributed by atoms with Crippen molar-refractivity contribution in [2.75, 3.05) is 0 Å². The standard InChI is InChI=1S/C24H38O/c1-19-13-16-23(17-14-19)25-24-11-7-6-10-22(24)15-12-20(2)18-21-8-4-3-5-9-21/h6-7,10-11,19-21,23H,3-5,8-9,12-18H2,1-2H3. The van der Waals surface area contributed by atoms with Crippen LogP contribution in [0.15, 0.2) is 24.3 Å². The summed E-state index contributed by atoms with van der Waals surface area (Å²) in [7, 11) is 0. The molecule has 1 nitrogen and oxygen atoms in total. The summed E-state index contributed by atoms with van der Waals surface area (Å²) >= 11 is 0. The van der Waals surface area contributed by atoms with Gasteiger partial charge in [0.1, 0.15) is 5.75 Å². The van der Waals surface area contributed by atoms with E-state index >= 15 is 0 Å². The Balaban J connectivity index is 1.48. The van der Waals surface area contributed by atoms with Crippen LogP contribution in [0, 0.1) is 17.8 Å². The fraction of sp³-hybridized carbons (Fsp3) is 0.750. The zero-order valence-electron chi connectivity index (χ0n) is 16.5. The molecule has 1 aromatic rings.